The Morgan fingerprint density at radius 2 is 0.183 bits per heavy atom. The van der Waals surface area contributed by atoms with E-state index in [1.807, 2.05) is 0 Å². The third kappa shape index (κ3) is 17.6. The van der Waals surface area contributed by atoms with Gasteiger partial charge in [0.05, 0.1) is 0 Å². The quantitative estimate of drug-likeness (QED) is 0.0591. The minimum Gasteiger partial charge on any atom is -0.311 e. The Bertz CT molecular complexity index is 5730. The Hall–Kier alpha value is -15.6. The van der Waals surface area contributed by atoms with Crippen LogP contribution in [0.2, 0.25) is 0 Å². The molecule has 8 heteroatoms. The van der Waals surface area contributed by atoms with Crippen LogP contribution in [-0.4, -0.2) is 0 Å². The van der Waals surface area contributed by atoms with E-state index in [1.165, 1.54) is 22.3 Å². The predicted molar refractivity (Wildman–Crippen MR) is 509 cm³/mol. The highest BCUT2D eigenvalue weighted by Gasteiger charge is 2.24. The number of aryl methyl sites for hydroxylation is 4. The van der Waals surface area contributed by atoms with Gasteiger partial charge < -0.3 is 39.2 Å². The van der Waals surface area contributed by atoms with E-state index in [0.29, 0.717) is 0 Å². The molecule has 0 heterocycles. The second-order valence-electron chi connectivity index (χ2n) is 29.8. The summed E-state index contributed by atoms with van der Waals surface area (Å²) in [6.45, 7) is 8.54. The first-order chi connectivity index (χ1) is 59.2. The molecular formula is C112H92N8. The highest BCUT2D eigenvalue weighted by Crippen LogP contribution is 2.48. The van der Waals surface area contributed by atoms with Crippen LogP contribution in [0.3, 0.4) is 0 Å². The number of hydrogen-bond acceptors (Lipinski definition) is 8. The van der Waals surface area contributed by atoms with Gasteiger partial charge in [0.15, 0.2) is 0 Å². The number of anilines is 24. The maximum absolute atomic E-state index is 2.34. The van der Waals surface area contributed by atoms with E-state index < -0.39 is 0 Å². The van der Waals surface area contributed by atoms with Crippen molar-refractivity contribution in [2.75, 3.05) is 39.2 Å². The number of para-hydroxylation sites is 8. The highest BCUT2D eigenvalue weighted by molar-refractivity contribution is 5.90. The molecule has 8 nitrogen and oxygen atoms in total. The van der Waals surface area contributed by atoms with Gasteiger partial charge in [-0.3, -0.25) is 0 Å². The molecule has 0 aliphatic rings. The first-order valence-electron chi connectivity index (χ1n) is 40.9. The van der Waals surface area contributed by atoms with Crippen molar-refractivity contribution in [1.82, 2.24) is 0 Å². The molecule has 18 aromatic rings. The first kappa shape index (κ1) is 77.0. The largest absolute Gasteiger partial charge is 0.311 e. The fraction of sp³-hybridized carbons (Fsp3) is 0.0357. The minimum absolute atomic E-state index is 1.06. The monoisotopic (exact) mass is 1550 g/mol. The summed E-state index contributed by atoms with van der Waals surface area (Å²) in [4.78, 5) is 18.6. The fourth-order valence-corrected chi connectivity index (χ4v) is 15.5. The average Bonchev–Trinajstić information content (AvgIpc) is 0.772. The first-order valence-corrected chi connectivity index (χ1v) is 40.9. The number of hydrogen-bond donors (Lipinski definition) is 0. The van der Waals surface area contributed by atoms with Crippen molar-refractivity contribution >= 4 is 136 Å². The highest BCUT2D eigenvalue weighted by atomic mass is 15.2. The topological polar surface area (TPSA) is 25.9 Å². The van der Waals surface area contributed by atoms with Gasteiger partial charge in [0.1, 0.15) is 0 Å². The molecule has 0 aromatic heterocycles. The number of benzene rings is 18. The summed E-state index contributed by atoms with van der Waals surface area (Å²) in [5.41, 5.74) is 30.8. The zero-order chi connectivity index (χ0) is 81.4. The molecule has 0 aliphatic heterocycles. The van der Waals surface area contributed by atoms with Gasteiger partial charge in [0, 0.05) is 136 Å². The molecular weight excluding hydrogens is 1460 g/mol. The second kappa shape index (κ2) is 36.5. The van der Waals surface area contributed by atoms with Gasteiger partial charge in [-0.25, -0.2) is 0 Å². The molecule has 0 unspecified atom stereocenters. The molecule has 120 heavy (non-hydrogen) atoms. The average molecular weight is 1550 g/mol. The normalized spacial score (nSPS) is 10.8. The molecule has 0 saturated heterocycles. The number of nitrogens with zero attached hydrogens (tertiary/aromatic N) is 8. The summed E-state index contributed by atoms with van der Waals surface area (Å²) in [5.74, 6) is 0. The second-order valence-corrected chi connectivity index (χ2v) is 29.8. The molecule has 0 atom stereocenters. The van der Waals surface area contributed by atoms with Crippen LogP contribution in [0.4, 0.5) is 136 Å². The summed E-state index contributed by atoms with van der Waals surface area (Å²) < 4.78 is 0. The zero-order valence-electron chi connectivity index (χ0n) is 67.8. The molecule has 0 saturated carbocycles. The Balaban J connectivity index is 0.000000171. The Morgan fingerprint density at radius 3 is 0.308 bits per heavy atom. The van der Waals surface area contributed by atoms with Crippen molar-refractivity contribution < 1.29 is 0 Å². The van der Waals surface area contributed by atoms with Gasteiger partial charge in [-0.15, -0.1) is 0 Å². The minimum atomic E-state index is 1.06. The van der Waals surface area contributed by atoms with Crippen molar-refractivity contribution in [3.05, 3.63) is 508 Å². The van der Waals surface area contributed by atoms with Gasteiger partial charge in [0.2, 0.25) is 0 Å². The molecule has 0 N–H and O–H groups in total. The van der Waals surface area contributed by atoms with Crippen LogP contribution in [0.1, 0.15) is 22.3 Å². The summed E-state index contributed by atoms with van der Waals surface area (Å²) in [5, 5.41) is 0. The summed E-state index contributed by atoms with van der Waals surface area (Å²) >= 11 is 0. The van der Waals surface area contributed by atoms with Gasteiger partial charge >= 0.3 is 0 Å². The van der Waals surface area contributed by atoms with Crippen LogP contribution in [0, 0.1) is 27.7 Å². The number of rotatable bonds is 24. The Kier molecular flexibility index (Phi) is 23.4. The third-order valence-corrected chi connectivity index (χ3v) is 21.4. The van der Waals surface area contributed by atoms with Crippen LogP contribution >= 0.6 is 0 Å². The van der Waals surface area contributed by atoms with E-state index in [2.05, 4.69) is 552 Å². The predicted octanol–water partition coefficient (Wildman–Crippen LogP) is 32.4. The van der Waals surface area contributed by atoms with Crippen molar-refractivity contribution in [2.45, 2.75) is 27.7 Å². The van der Waals surface area contributed by atoms with E-state index in [4.69, 9.17) is 0 Å². The molecule has 0 amide bonds. The van der Waals surface area contributed by atoms with Crippen molar-refractivity contribution in [1.29, 1.82) is 0 Å². The standard InChI is InChI=1S/2C56H46N4/c1-43-29-33-49(34-30-43)59(55-27-15-25-53(41-55)57(45-17-7-3-8-18-45)46-19-9-4-10-20-46)51-37-39-52(40-38-51)60(50-35-31-44(2)32-36-50)56-28-16-26-54(42-56)58(47-21-11-5-12-22-47)48-23-13-6-14-24-48;1-43-26-30-49(31-27-43)59(53-38-34-51(35-39-53)57(45-16-7-3-8-17-45)46-18-9-4-10-19-46)55-24-15-25-56(42-55)60(50-32-28-44(2)29-33-50)54-40-36-52(37-41-54)58(47-20-11-5-12-21-47)48-22-13-6-14-23-48/h2*3-42H,1-2H3. The maximum atomic E-state index is 2.34. The van der Waals surface area contributed by atoms with Gasteiger partial charge in [-0.1, -0.05) is 235 Å². The van der Waals surface area contributed by atoms with E-state index in [-0.39, 0.29) is 0 Å². The lowest BCUT2D eigenvalue weighted by Gasteiger charge is -2.31. The van der Waals surface area contributed by atoms with E-state index in [1.54, 1.807) is 0 Å². The summed E-state index contributed by atoms with van der Waals surface area (Å²) in [6.07, 6.45) is 0. The third-order valence-electron chi connectivity index (χ3n) is 21.4. The molecule has 0 fully saturated rings. The van der Waals surface area contributed by atoms with Gasteiger partial charge in [-0.2, -0.15) is 0 Å². The summed E-state index contributed by atoms with van der Waals surface area (Å²) in [7, 11) is 0. The maximum Gasteiger partial charge on any atom is 0.0482 e. The Labute approximate surface area is 706 Å². The summed E-state index contributed by atoms with van der Waals surface area (Å²) in [6, 6.07) is 173. The van der Waals surface area contributed by atoms with Crippen molar-refractivity contribution in [3.63, 3.8) is 0 Å². The molecule has 0 bridgehead atoms. The molecule has 0 spiro atoms. The molecule has 18 aromatic carbocycles. The van der Waals surface area contributed by atoms with Crippen LogP contribution in [-0.2, 0) is 0 Å². The van der Waals surface area contributed by atoms with Crippen LogP contribution in [0.25, 0.3) is 0 Å². The smallest absolute Gasteiger partial charge is 0.0482 e. The lowest BCUT2D eigenvalue weighted by molar-refractivity contribution is 1.23. The van der Waals surface area contributed by atoms with Gasteiger partial charge in [-0.05, 0) is 301 Å². The van der Waals surface area contributed by atoms with Crippen molar-refractivity contribution in [3.8, 4) is 0 Å². The van der Waals surface area contributed by atoms with Crippen LogP contribution < -0.4 is 39.2 Å². The molecule has 0 aliphatic carbocycles. The molecule has 18 rings (SSSR count). The lowest BCUT2D eigenvalue weighted by atomic mass is 10.1. The van der Waals surface area contributed by atoms with E-state index in [9.17, 15) is 0 Å². The van der Waals surface area contributed by atoms with Crippen LogP contribution in [0.15, 0.2) is 485 Å². The SMILES string of the molecule is Cc1ccc(N(c2ccc(N(c3ccc(C)cc3)c3cccc(N(c4ccccc4)c4ccccc4)c3)cc2)c2cccc(N(c3ccccc3)c3ccccc3)c2)cc1.Cc1ccc(N(c2ccc(N(c3ccccc3)c3ccccc3)cc2)c2cccc(N(c3ccc(C)cc3)c3ccc(N(c4ccccc4)c4ccccc4)cc3)c2)cc1. The molecule has 0 radical (unpaired) electrons. The van der Waals surface area contributed by atoms with Crippen LogP contribution in [0.5, 0.6) is 0 Å². The van der Waals surface area contributed by atoms with Crippen molar-refractivity contribution in [2.24, 2.45) is 0 Å². The Morgan fingerprint density at radius 1 is 0.0917 bits per heavy atom. The van der Waals surface area contributed by atoms with E-state index >= 15 is 0 Å². The lowest BCUT2D eigenvalue weighted by Crippen LogP contribution is -2.14. The molecule has 580 valence electrons. The zero-order valence-corrected chi connectivity index (χ0v) is 67.8. The fourth-order valence-electron chi connectivity index (χ4n) is 15.5. The van der Waals surface area contributed by atoms with E-state index in [0.717, 1.165) is 136 Å². The van der Waals surface area contributed by atoms with Gasteiger partial charge in [0.25, 0.3) is 0 Å².